The predicted octanol–water partition coefficient (Wildman–Crippen LogP) is -0.420. The van der Waals surface area contributed by atoms with Gasteiger partial charge < -0.3 is 95.8 Å². The Labute approximate surface area is 662 Å². The van der Waals surface area contributed by atoms with E-state index in [1.165, 1.54) is 62.0 Å². The molecule has 8 fully saturated rings. The number of thioether (sulfide) groups is 4. The van der Waals surface area contributed by atoms with E-state index in [4.69, 9.17) is 18.9 Å². The fourth-order valence-corrected chi connectivity index (χ4v) is 18.6. The van der Waals surface area contributed by atoms with Crippen molar-refractivity contribution in [1.82, 2.24) is 95.6 Å². The molecule has 8 aliphatic rings. The van der Waals surface area contributed by atoms with Crippen LogP contribution < -0.4 is 21.3 Å². The maximum atomic E-state index is 10.9. The molecule has 2 unspecified atom stereocenters. The monoisotopic (exact) mass is 1620 g/mol. The molecule has 14 heterocycles. The topological polar surface area (TPSA) is 482 Å². The van der Waals surface area contributed by atoms with Gasteiger partial charge in [0.15, 0.2) is 20.7 Å². The molecule has 0 bridgehead atoms. The van der Waals surface area contributed by atoms with Crippen molar-refractivity contribution in [2.45, 2.75) is 226 Å². The molecule has 112 heavy (non-hydrogen) atoms. The number of aliphatic hydroxyl groups excluding tert-OH is 9. The zero-order chi connectivity index (χ0) is 79.1. The highest BCUT2D eigenvalue weighted by Crippen LogP contribution is 2.39. The Hall–Kier alpha value is -7.79. The Kier molecular flexibility index (Phi) is 27.0. The summed E-state index contributed by atoms with van der Waals surface area (Å²) in [6.45, 7) is 20.2. The standard InChI is InChI=1S/C19H25N5O4S.C18H27N7O3S.C18H23N5O4S.C16H22N6O3S/c1-3-20-18-21-14-16(26)15(25)12(28-17(14)29-18)9-24-10-13(22-23-24)19(2,27)11-7-5-4-6-8-11;1-5-19-18-20-14-16(27)15(26)13(28-17(14)29-18)8-24-6-12(21-23-24)7-25-11(4)9(2)10(3)22-25;1-2-19-18-20-13-16(26)15(25)12(27-17(13)28-18)9-23-8-11(21-22-23)14(24)10-6-4-3-5-7-10;1-2-17-16-18-12-14(24)13(23)11(25-15(12)26-16)9-22-8-10(19-20-22)7-21-5-3-4-6-21/h4-8,10,12,14-17,25-27H,3,9H2,1-2H3,(H,20,21);6,13-17,26-27H,5,7-8H2,1-4H3,(H,19,20);3-8,12-17,24-26H,2,9H2,1H3,(H,19,20);3-6,8,11-15,23-24H,2,7,9H2,1H3,(H,17,18)/t12-,14-,15-,16-,17-,19?;13-,14-,15-,16-,17-;12-,13-,14?,15-,16-,17-;11-,12-,13-,14-,15-/m1111/s1. The summed E-state index contributed by atoms with van der Waals surface area (Å²) in [5.74, 6) is 0. The van der Waals surface area contributed by atoms with Crippen molar-refractivity contribution in [3.8, 4) is 0 Å². The zero-order valence-corrected chi connectivity index (χ0v) is 66.1. The third-order valence-electron chi connectivity index (χ3n) is 20.1. The van der Waals surface area contributed by atoms with Gasteiger partial charge >= 0.3 is 0 Å². The van der Waals surface area contributed by atoms with E-state index in [9.17, 15) is 51.1 Å². The number of ether oxygens (including phenoxy) is 4. The number of benzene rings is 2. The van der Waals surface area contributed by atoms with Crippen LogP contribution in [0.3, 0.4) is 0 Å². The van der Waals surface area contributed by atoms with Crippen molar-refractivity contribution < 1.29 is 70.0 Å². The van der Waals surface area contributed by atoms with Crippen LogP contribution in [0.2, 0.25) is 0 Å². The van der Waals surface area contributed by atoms with Gasteiger partial charge in [0.2, 0.25) is 0 Å². The second-order valence-corrected chi connectivity index (χ2v) is 32.3. The third-order valence-corrected chi connectivity index (χ3v) is 24.5. The van der Waals surface area contributed by atoms with Crippen molar-refractivity contribution in [2.75, 3.05) is 26.2 Å². The zero-order valence-electron chi connectivity index (χ0n) is 62.8. The number of aliphatic hydroxyl groups is 10. The van der Waals surface area contributed by atoms with Gasteiger partial charge in [0, 0.05) is 44.3 Å². The largest absolute Gasteiger partial charge is 0.388 e. The number of rotatable bonds is 20. The van der Waals surface area contributed by atoms with E-state index in [0.717, 1.165) is 38.7 Å². The predicted molar refractivity (Wildman–Crippen MR) is 417 cm³/mol. The van der Waals surface area contributed by atoms with Gasteiger partial charge in [-0.05, 0) is 84.2 Å². The summed E-state index contributed by atoms with van der Waals surface area (Å²) >= 11 is 5.70. The molecule has 14 N–H and O–H groups in total. The first kappa shape index (κ1) is 82.2. The van der Waals surface area contributed by atoms with Gasteiger partial charge in [0.05, 0.1) is 93.9 Å². The van der Waals surface area contributed by atoms with E-state index in [0.29, 0.717) is 79.6 Å². The van der Waals surface area contributed by atoms with Crippen LogP contribution in [0.25, 0.3) is 0 Å². The number of nitrogens with zero attached hydrogens (tertiary/aromatic N) is 19. The Balaban J connectivity index is 0.000000131. The number of aliphatic imine (C=N–C) groups is 4. The number of hydrogen-bond acceptors (Lipinski definition) is 31. The lowest BCUT2D eigenvalue weighted by Crippen LogP contribution is -2.59. The maximum Gasteiger partial charge on any atom is 0.159 e. The van der Waals surface area contributed by atoms with E-state index in [2.05, 4.69) is 94.5 Å². The number of aromatic nitrogens is 15. The van der Waals surface area contributed by atoms with Crippen molar-refractivity contribution in [1.29, 1.82) is 0 Å². The molecule has 0 spiro atoms. The average molecular weight is 1620 g/mol. The van der Waals surface area contributed by atoms with Crippen molar-refractivity contribution in [2.24, 2.45) is 20.0 Å². The summed E-state index contributed by atoms with van der Waals surface area (Å²) in [4.78, 5) is 17.3. The Morgan fingerprint density at radius 3 is 1.22 bits per heavy atom. The molecule has 2 aromatic carbocycles. The van der Waals surface area contributed by atoms with Crippen LogP contribution in [-0.2, 0) is 63.8 Å². The van der Waals surface area contributed by atoms with Gasteiger partial charge in [-0.3, -0.25) is 24.7 Å². The molecule has 0 radical (unpaired) electrons. The second-order valence-electron chi connectivity index (χ2n) is 28.0. The third kappa shape index (κ3) is 18.9. The molecule has 16 rings (SSSR count). The molecule has 8 aliphatic heterocycles. The number of aryl methyl sites for hydroxylation is 1. The van der Waals surface area contributed by atoms with Gasteiger partial charge in [-0.2, -0.15) is 5.10 Å². The lowest BCUT2D eigenvalue weighted by atomic mass is 9.93. The van der Waals surface area contributed by atoms with Crippen LogP contribution in [0.4, 0.5) is 0 Å². The SMILES string of the molecule is CCN=C1N[C@@H]2[C@@H](O)[C@H](O)[C@@H](Cn3cc(C(C)(O)c4ccccc4)nn3)O[C@@H]2S1.CCN=C1N[C@@H]2[C@@H](O)[C@H](O)[C@@H](Cn3cc(C(O)c4ccccc4)nn3)O[C@@H]2S1.CCN=C1N[C@@H]2[C@@H](O)[C@H](O)[C@@H](Cn3cc(Cn4cccc4)nn3)O[C@@H]2S1.CCN=C1N[C@@H]2[C@@H](O)[C@H](O)[C@@H](Cn3cc(Cn4nc(C)c(C)c4C)nn3)O[C@@H]2S1. The summed E-state index contributed by atoms with van der Waals surface area (Å²) in [5, 5.41) is 158. The van der Waals surface area contributed by atoms with Crippen molar-refractivity contribution in [3.63, 3.8) is 0 Å². The summed E-state index contributed by atoms with van der Waals surface area (Å²) in [5.41, 5.74) is 4.52. The molecule has 0 saturated carbocycles. The van der Waals surface area contributed by atoms with Crippen LogP contribution in [0.5, 0.6) is 0 Å². The average Bonchev–Trinajstić information content (AvgIpc) is 1.54. The first-order valence-corrected chi connectivity index (χ1v) is 40.7. The minimum absolute atomic E-state index is 0.195. The molecular weight excluding hydrogens is 1530 g/mol. The lowest BCUT2D eigenvalue weighted by molar-refractivity contribution is -0.160. The molecule has 604 valence electrons. The van der Waals surface area contributed by atoms with E-state index >= 15 is 0 Å². The lowest BCUT2D eigenvalue weighted by Gasteiger charge is -2.38. The van der Waals surface area contributed by atoms with Crippen molar-refractivity contribution >= 4 is 67.7 Å². The van der Waals surface area contributed by atoms with Gasteiger partial charge in [0.25, 0.3) is 0 Å². The molecule has 0 amide bonds. The molecule has 37 nitrogen and oxygen atoms in total. The molecule has 6 aromatic heterocycles. The molecule has 0 aliphatic carbocycles. The summed E-state index contributed by atoms with van der Waals surface area (Å²) in [6, 6.07) is 20.8. The second kappa shape index (κ2) is 36.8. The number of fused-ring (bicyclic) bond motifs is 4. The van der Waals surface area contributed by atoms with Crippen LogP contribution in [0.15, 0.2) is 130 Å². The molecular formula is C71H97N23O14S4. The van der Waals surface area contributed by atoms with Gasteiger partial charge in [-0.15, -0.1) is 20.4 Å². The first-order chi connectivity index (χ1) is 54.0. The minimum atomic E-state index is -1.30. The number of hydrogen-bond donors (Lipinski definition) is 14. The highest BCUT2D eigenvalue weighted by Gasteiger charge is 2.53. The summed E-state index contributed by atoms with van der Waals surface area (Å²) in [7, 11) is 0. The van der Waals surface area contributed by atoms with Gasteiger partial charge in [-0.1, -0.05) is 129 Å². The highest BCUT2D eigenvalue weighted by molar-refractivity contribution is 8.15. The normalized spacial score (nSPS) is 31.9. The number of amidine groups is 4. The quantitative estimate of drug-likeness (QED) is 0.0461. The van der Waals surface area contributed by atoms with Crippen LogP contribution in [0.1, 0.15) is 91.6 Å². The van der Waals surface area contributed by atoms with Crippen LogP contribution in [0, 0.1) is 20.8 Å². The molecule has 8 saturated heterocycles. The molecule has 41 heteroatoms. The fraction of sp³-hybridized carbons (Fsp3) is 0.563. The molecule has 8 aromatic rings. The van der Waals surface area contributed by atoms with E-state index in [1.807, 2.05) is 148 Å². The van der Waals surface area contributed by atoms with E-state index < -0.39 is 97.0 Å². The summed E-state index contributed by atoms with van der Waals surface area (Å²) < 4.78 is 34.3. The number of nitrogens with one attached hydrogen (secondary N) is 4. The smallest absolute Gasteiger partial charge is 0.159 e. The first-order valence-electron chi connectivity index (χ1n) is 37.1. The Bertz CT molecular complexity index is 4490. The van der Waals surface area contributed by atoms with E-state index in [1.54, 1.807) is 28.7 Å². The minimum Gasteiger partial charge on any atom is -0.388 e. The Morgan fingerprint density at radius 2 is 0.830 bits per heavy atom. The molecule has 22 atom stereocenters. The fourth-order valence-electron chi connectivity index (χ4n) is 13.7. The van der Waals surface area contributed by atoms with E-state index in [-0.39, 0.29) is 46.9 Å². The summed E-state index contributed by atoms with van der Waals surface area (Å²) in [6.07, 6.45) is -0.613. The maximum absolute atomic E-state index is 10.9. The van der Waals surface area contributed by atoms with Gasteiger partial charge in [-0.25, -0.2) is 18.7 Å². The van der Waals surface area contributed by atoms with Crippen molar-refractivity contribution in [3.05, 3.63) is 161 Å². The highest BCUT2D eigenvalue weighted by atomic mass is 32.2. The van der Waals surface area contributed by atoms with Crippen LogP contribution >= 0.6 is 47.0 Å². The van der Waals surface area contributed by atoms with Crippen LogP contribution in [-0.4, -0.2) is 291 Å². The Morgan fingerprint density at radius 1 is 0.464 bits per heavy atom. The van der Waals surface area contributed by atoms with Gasteiger partial charge in [0.1, 0.15) is 129 Å².